The van der Waals surface area contributed by atoms with E-state index in [9.17, 15) is 0 Å². The lowest BCUT2D eigenvalue weighted by Gasteiger charge is -2.30. The van der Waals surface area contributed by atoms with Gasteiger partial charge in [0.2, 0.25) is 0 Å². The van der Waals surface area contributed by atoms with Crippen LogP contribution in [0.3, 0.4) is 0 Å². The number of nitrogens with one attached hydrogen (secondary N) is 1. The number of nitrogens with zero attached hydrogens (tertiary/aromatic N) is 2. The van der Waals surface area contributed by atoms with Crippen molar-refractivity contribution in [1.82, 2.24) is 10.3 Å². The Kier molecular flexibility index (Phi) is 5.80. The van der Waals surface area contributed by atoms with Crippen LogP contribution in [0, 0.1) is 5.41 Å². The molecule has 1 heterocycles. The largest absolute Gasteiger partial charge is 0.359 e. The fourth-order valence-corrected chi connectivity index (χ4v) is 2.32. The molecule has 1 atom stereocenters. The van der Waals surface area contributed by atoms with Crippen molar-refractivity contribution < 1.29 is 0 Å². The first-order chi connectivity index (χ1) is 8.85. The zero-order valence-corrected chi connectivity index (χ0v) is 13.3. The molecule has 0 spiro atoms. The summed E-state index contributed by atoms with van der Waals surface area (Å²) in [6.07, 6.45) is 3.03. The predicted molar refractivity (Wildman–Crippen MR) is 83.7 cm³/mol. The summed E-state index contributed by atoms with van der Waals surface area (Å²) in [5.74, 6) is 1.09. The normalized spacial score (nSPS) is 13.4. The van der Waals surface area contributed by atoms with Gasteiger partial charge in [0.05, 0.1) is 0 Å². The van der Waals surface area contributed by atoms with Crippen LogP contribution in [0.1, 0.15) is 52.6 Å². The van der Waals surface area contributed by atoms with E-state index in [1.165, 1.54) is 5.56 Å². The second-order valence-electron chi connectivity index (χ2n) is 6.51. The quantitative estimate of drug-likeness (QED) is 0.849. The van der Waals surface area contributed by atoms with Gasteiger partial charge in [0, 0.05) is 31.4 Å². The summed E-state index contributed by atoms with van der Waals surface area (Å²) >= 11 is 0. The maximum absolute atomic E-state index is 4.58. The first kappa shape index (κ1) is 16.0. The third-order valence-electron chi connectivity index (χ3n) is 3.06. The zero-order chi connectivity index (χ0) is 14.5. The van der Waals surface area contributed by atoms with Crippen LogP contribution in [0.4, 0.5) is 5.82 Å². The van der Waals surface area contributed by atoms with Crippen LogP contribution in [0.5, 0.6) is 0 Å². The summed E-state index contributed by atoms with van der Waals surface area (Å²) in [5, 5.41) is 3.54. The molecule has 1 rings (SSSR count). The maximum Gasteiger partial charge on any atom is 0.133 e. The molecule has 1 N–H and O–H groups in total. The van der Waals surface area contributed by atoms with Crippen LogP contribution in [0.25, 0.3) is 0 Å². The van der Waals surface area contributed by atoms with E-state index in [1.54, 1.807) is 0 Å². The molecule has 3 nitrogen and oxygen atoms in total. The van der Waals surface area contributed by atoms with E-state index in [4.69, 9.17) is 0 Å². The summed E-state index contributed by atoms with van der Waals surface area (Å²) in [5.41, 5.74) is 1.55. The minimum atomic E-state index is 0.267. The molecule has 0 saturated carbocycles. The highest BCUT2D eigenvalue weighted by Gasteiger charge is 2.18. The zero-order valence-electron chi connectivity index (χ0n) is 13.3. The van der Waals surface area contributed by atoms with E-state index in [2.05, 4.69) is 62.9 Å². The Morgan fingerprint density at radius 3 is 2.63 bits per heavy atom. The molecule has 108 valence electrons. The molecule has 0 saturated heterocycles. The Bertz CT molecular complexity index is 382. The van der Waals surface area contributed by atoms with Crippen LogP contribution < -0.4 is 10.2 Å². The maximum atomic E-state index is 4.58. The van der Waals surface area contributed by atoms with Crippen LogP contribution >= 0.6 is 0 Å². The summed E-state index contributed by atoms with van der Waals surface area (Å²) in [6.45, 7) is 13.2. The van der Waals surface area contributed by atoms with E-state index in [-0.39, 0.29) is 5.41 Å². The molecule has 3 heteroatoms. The minimum absolute atomic E-state index is 0.267. The molecular formula is C16H29N3. The van der Waals surface area contributed by atoms with Crippen molar-refractivity contribution in [2.75, 3.05) is 25.0 Å². The fourth-order valence-electron chi connectivity index (χ4n) is 2.32. The van der Waals surface area contributed by atoms with Crippen molar-refractivity contribution in [2.45, 2.75) is 47.1 Å². The number of anilines is 1. The number of rotatable bonds is 6. The van der Waals surface area contributed by atoms with Gasteiger partial charge in [-0.05, 0) is 31.4 Å². The van der Waals surface area contributed by atoms with Gasteiger partial charge >= 0.3 is 0 Å². The van der Waals surface area contributed by atoms with Crippen LogP contribution in [-0.4, -0.2) is 25.1 Å². The number of pyridine rings is 1. The first-order valence-corrected chi connectivity index (χ1v) is 7.24. The second kappa shape index (κ2) is 6.90. The third-order valence-corrected chi connectivity index (χ3v) is 3.06. The van der Waals surface area contributed by atoms with Crippen molar-refractivity contribution in [1.29, 1.82) is 0 Å². The Balaban J connectivity index is 2.88. The fraction of sp³-hybridized carbons (Fsp3) is 0.688. The summed E-state index contributed by atoms with van der Waals surface area (Å²) < 4.78 is 0. The second-order valence-corrected chi connectivity index (χ2v) is 6.51. The lowest BCUT2D eigenvalue weighted by Crippen LogP contribution is -2.31. The summed E-state index contributed by atoms with van der Waals surface area (Å²) in [6, 6.07) is 4.54. The van der Waals surface area contributed by atoms with Gasteiger partial charge in [0.1, 0.15) is 5.82 Å². The van der Waals surface area contributed by atoms with Crippen LogP contribution in [0.15, 0.2) is 18.3 Å². The molecule has 0 aliphatic rings. The summed E-state index contributed by atoms with van der Waals surface area (Å²) in [7, 11) is 2.13. The molecule has 19 heavy (non-hydrogen) atoms. The number of aromatic nitrogens is 1. The van der Waals surface area contributed by atoms with Crippen molar-refractivity contribution in [3.8, 4) is 0 Å². The molecule has 0 fully saturated rings. The van der Waals surface area contributed by atoms with Crippen LogP contribution in [0.2, 0.25) is 0 Å². The van der Waals surface area contributed by atoms with E-state index in [0.717, 1.165) is 25.3 Å². The average molecular weight is 263 g/mol. The molecule has 0 amide bonds. The molecule has 0 aliphatic heterocycles. The van der Waals surface area contributed by atoms with Gasteiger partial charge in [-0.3, -0.25) is 0 Å². The van der Waals surface area contributed by atoms with Gasteiger partial charge in [-0.2, -0.15) is 0 Å². The Hall–Kier alpha value is -1.09. The SMILES string of the molecule is CCCNC(C)c1cccnc1N(C)CC(C)(C)C. The lowest BCUT2D eigenvalue weighted by molar-refractivity contribution is 0.416. The molecule has 0 bridgehead atoms. The van der Waals surface area contributed by atoms with Gasteiger partial charge in [0.25, 0.3) is 0 Å². The monoisotopic (exact) mass is 263 g/mol. The van der Waals surface area contributed by atoms with E-state index in [0.29, 0.717) is 6.04 Å². The smallest absolute Gasteiger partial charge is 0.133 e. The highest BCUT2D eigenvalue weighted by molar-refractivity contribution is 5.47. The van der Waals surface area contributed by atoms with Gasteiger partial charge in [-0.25, -0.2) is 4.98 Å². The van der Waals surface area contributed by atoms with Crippen molar-refractivity contribution in [2.24, 2.45) is 5.41 Å². The highest BCUT2D eigenvalue weighted by atomic mass is 15.2. The average Bonchev–Trinajstić information content (AvgIpc) is 2.34. The van der Waals surface area contributed by atoms with Gasteiger partial charge in [-0.1, -0.05) is 33.8 Å². The van der Waals surface area contributed by atoms with Crippen molar-refractivity contribution in [3.63, 3.8) is 0 Å². The number of hydrogen-bond acceptors (Lipinski definition) is 3. The van der Waals surface area contributed by atoms with Gasteiger partial charge in [-0.15, -0.1) is 0 Å². The summed E-state index contributed by atoms with van der Waals surface area (Å²) in [4.78, 5) is 6.84. The molecule has 0 aliphatic carbocycles. The Morgan fingerprint density at radius 1 is 1.37 bits per heavy atom. The Labute approximate surface area is 118 Å². The number of hydrogen-bond donors (Lipinski definition) is 1. The molecule has 1 unspecified atom stereocenters. The highest BCUT2D eigenvalue weighted by Crippen LogP contribution is 2.25. The molecule has 0 radical (unpaired) electrons. The van der Waals surface area contributed by atoms with Gasteiger partial charge in [0.15, 0.2) is 0 Å². The lowest BCUT2D eigenvalue weighted by atomic mass is 9.96. The molecule has 0 aromatic carbocycles. The Morgan fingerprint density at radius 2 is 2.05 bits per heavy atom. The molecular weight excluding hydrogens is 234 g/mol. The van der Waals surface area contributed by atoms with Gasteiger partial charge < -0.3 is 10.2 Å². The molecule has 1 aromatic rings. The standard InChI is InChI=1S/C16H29N3/c1-7-10-17-13(2)14-9-8-11-18-15(14)19(6)12-16(3,4)5/h8-9,11,13,17H,7,10,12H2,1-6H3. The van der Waals surface area contributed by atoms with Crippen LogP contribution in [-0.2, 0) is 0 Å². The van der Waals surface area contributed by atoms with Crippen molar-refractivity contribution >= 4 is 5.82 Å². The van der Waals surface area contributed by atoms with E-state index < -0.39 is 0 Å². The minimum Gasteiger partial charge on any atom is -0.359 e. The topological polar surface area (TPSA) is 28.2 Å². The van der Waals surface area contributed by atoms with E-state index >= 15 is 0 Å². The third kappa shape index (κ3) is 5.19. The first-order valence-electron chi connectivity index (χ1n) is 7.24. The predicted octanol–water partition coefficient (Wildman–Crippen LogP) is 3.62. The van der Waals surface area contributed by atoms with E-state index in [1.807, 2.05) is 12.3 Å². The molecule has 1 aromatic heterocycles. The van der Waals surface area contributed by atoms with Crippen molar-refractivity contribution in [3.05, 3.63) is 23.9 Å².